The lowest BCUT2D eigenvalue weighted by atomic mass is 9.97. The number of rotatable bonds is 3. The van der Waals surface area contributed by atoms with Crippen LogP contribution in [0, 0.1) is 13.8 Å². The second-order valence-corrected chi connectivity index (χ2v) is 6.17. The van der Waals surface area contributed by atoms with Gasteiger partial charge in [0.05, 0.1) is 23.9 Å². The van der Waals surface area contributed by atoms with E-state index in [1.807, 2.05) is 6.92 Å². The van der Waals surface area contributed by atoms with Crippen LogP contribution in [-0.2, 0) is 12.7 Å². The first kappa shape index (κ1) is 17.0. The summed E-state index contributed by atoms with van der Waals surface area (Å²) in [5.74, 6) is 1.14. The Morgan fingerprint density at radius 2 is 2.00 bits per heavy atom. The molecule has 1 saturated heterocycles. The molecule has 0 saturated carbocycles. The number of halogens is 3. The zero-order chi connectivity index (χ0) is 17.5. The van der Waals surface area contributed by atoms with Crippen molar-refractivity contribution in [2.24, 2.45) is 0 Å². The van der Waals surface area contributed by atoms with Gasteiger partial charge in [-0.3, -0.25) is 4.90 Å². The van der Waals surface area contributed by atoms with E-state index >= 15 is 0 Å². The lowest BCUT2D eigenvalue weighted by molar-refractivity contribution is -0.138. The molecule has 1 aliphatic rings. The number of benzene rings is 1. The monoisotopic (exact) mass is 340 g/mol. The average Bonchev–Trinajstić information content (AvgIpc) is 3.01. The van der Waals surface area contributed by atoms with E-state index in [2.05, 4.69) is 4.98 Å². The third-order valence-electron chi connectivity index (χ3n) is 4.42. The van der Waals surface area contributed by atoms with Gasteiger partial charge in [-0.15, -0.1) is 0 Å². The maximum atomic E-state index is 13.3. The molecule has 4 nitrogen and oxygen atoms in total. The molecule has 0 radical (unpaired) electrons. The number of hydrogen-bond donors (Lipinski definition) is 1. The van der Waals surface area contributed by atoms with Gasteiger partial charge in [0.2, 0.25) is 5.89 Å². The third kappa shape index (κ3) is 3.32. The van der Waals surface area contributed by atoms with Gasteiger partial charge >= 0.3 is 6.18 Å². The normalized spacial score (nSPS) is 22.2. The number of likely N-dealkylation sites (tertiary alicyclic amines) is 1. The van der Waals surface area contributed by atoms with Gasteiger partial charge in [-0.25, -0.2) is 4.98 Å². The summed E-state index contributed by atoms with van der Waals surface area (Å²) in [7, 11) is 0. The Morgan fingerprint density at radius 1 is 1.29 bits per heavy atom. The lowest BCUT2D eigenvalue weighted by Crippen LogP contribution is -2.26. The molecular weight excluding hydrogens is 321 g/mol. The van der Waals surface area contributed by atoms with Crippen molar-refractivity contribution in [2.75, 3.05) is 6.54 Å². The summed E-state index contributed by atoms with van der Waals surface area (Å²) in [6.07, 6.45) is -4.84. The van der Waals surface area contributed by atoms with Crippen molar-refractivity contribution >= 4 is 0 Å². The minimum atomic E-state index is -4.42. The Morgan fingerprint density at radius 3 is 2.62 bits per heavy atom. The third-order valence-corrected chi connectivity index (χ3v) is 4.42. The van der Waals surface area contributed by atoms with Crippen molar-refractivity contribution in [2.45, 2.75) is 45.1 Å². The number of β-amino-alcohol motifs (C(OH)–C–C–N with tert-alkyl or cyclic N) is 1. The Kier molecular flexibility index (Phi) is 4.40. The summed E-state index contributed by atoms with van der Waals surface area (Å²) in [5, 5.41) is 9.99. The fourth-order valence-electron chi connectivity index (χ4n) is 3.20. The molecule has 7 heteroatoms. The van der Waals surface area contributed by atoms with Gasteiger partial charge < -0.3 is 9.52 Å². The molecule has 3 rings (SSSR count). The van der Waals surface area contributed by atoms with E-state index in [1.165, 1.54) is 12.1 Å². The van der Waals surface area contributed by atoms with Gasteiger partial charge in [0.25, 0.3) is 0 Å². The van der Waals surface area contributed by atoms with E-state index in [-0.39, 0.29) is 25.1 Å². The van der Waals surface area contributed by atoms with Crippen LogP contribution in [0.2, 0.25) is 0 Å². The Bertz CT molecular complexity index is 707. The summed E-state index contributed by atoms with van der Waals surface area (Å²) in [6.45, 7) is 4.17. The van der Waals surface area contributed by atoms with Crippen LogP contribution < -0.4 is 0 Å². The number of nitrogens with zero attached hydrogens (tertiary/aromatic N) is 2. The maximum Gasteiger partial charge on any atom is 0.416 e. The Hall–Kier alpha value is -1.86. The van der Waals surface area contributed by atoms with Gasteiger partial charge in [0.1, 0.15) is 5.76 Å². The van der Waals surface area contributed by atoms with Crippen molar-refractivity contribution < 1.29 is 22.7 Å². The fourth-order valence-corrected chi connectivity index (χ4v) is 3.20. The molecule has 1 aromatic heterocycles. The van der Waals surface area contributed by atoms with Crippen LogP contribution in [0.5, 0.6) is 0 Å². The second kappa shape index (κ2) is 6.22. The van der Waals surface area contributed by atoms with Crippen molar-refractivity contribution in [1.82, 2.24) is 9.88 Å². The summed E-state index contributed by atoms with van der Waals surface area (Å²) in [5.41, 5.74) is 0.285. The minimum Gasteiger partial charge on any atom is -0.444 e. The smallest absolute Gasteiger partial charge is 0.416 e. The molecule has 0 bridgehead atoms. The van der Waals surface area contributed by atoms with Gasteiger partial charge in [-0.05, 0) is 31.9 Å². The quantitative estimate of drug-likeness (QED) is 0.927. The molecule has 1 N–H and O–H groups in total. The van der Waals surface area contributed by atoms with Crippen molar-refractivity contribution in [3.8, 4) is 0 Å². The van der Waals surface area contributed by atoms with Crippen LogP contribution in [0.3, 0.4) is 0 Å². The van der Waals surface area contributed by atoms with Crippen LogP contribution >= 0.6 is 0 Å². The molecule has 1 aliphatic heterocycles. The van der Waals surface area contributed by atoms with E-state index in [0.29, 0.717) is 11.7 Å². The molecule has 2 aromatic rings. The van der Waals surface area contributed by atoms with Crippen LogP contribution in [0.4, 0.5) is 13.2 Å². The summed E-state index contributed by atoms with van der Waals surface area (Å²) >= 11 is 0. The van der Waals surface area contributed by atoms with E-state index in [0.717, 1.165) is 11.8 Å². The van der Waals surface area contributed by atoms with Crippen LogP contribution in [0.1, 0.15) is 40.9 Å². The second-order valence-electron chi connectivity index (χ2n) is 6.17. The van der Waals surface area contributed by atoms with Crippen LogP contribution in [0.15, 0.2) is 28.7 Å². The molecule has 1 fully saturated rings. The fraction of sp³-hybridized carbons (Fsp3) is 0.471. The first-order chi connectivity index (χ1) is 11.3. The molecular formula is C17H19F3N2O2. The summed E-state index contributed by atoms with van der Waals surface area (Å²) in [6, 6.07) is 5.00. The predicted molar refractivity (Wildman–Crippen MR) is 81.2 cm³/mol. The van der Waals surface area contributed by atoms with Crippen molar-refractivity contribution in [1.29, 1.82) is 0 Å². The highest BCUT2D eigenvalue weighted by atomic mass is 19.4. The molecule has 2 atom stereocenters. The maximum absolute atomic E-state index is 13.3. The zero-order valence-electron chi connectivity index (χ0n) is 13.5. The number of aliphatic hydroxyl groups excluding tert-OH is 1. The van der Waals surface area contributed by atoms with Gasteiger partial charge in [-0.2, -0.15) is 13.2 Å². The average molecular weight is 340 g/mol. The van der Waals surface area contributed by atoms with Gasteiger partial charge in [0, 0.05) is 12.6 Å². The Labute approximate surface area is 137 Å². The molecule has 130 valence electrons. The highest BCUT2D eigenvalue weighted by Gasteiger charge is 2.40. The largest absolute Gasteiger partial charge is 0.444 e. The molecule has 2 heterocycles. The molecule has 24 heavy (non-hydrogen) atoms. The highest BCUT2D eigenvalue weighted by Crippen LogP contribution is 2.40. The number of hydrogen-bond acceptors (Lipinski definition) is 4. The van der Waals surface area contributed by atoms with Crippen molar-refractivity contribution in [3.05, 3.63) is 52.7 Å². The number of oxazole rings is 1. The molecule has 1 aromatic carbocycles. The molecule has 0 unspecified atom stereocenters. The topological polar surface area (TPSA) is 49.5 Å². The highest BCUT2D eigenvalue weighted by molar-refractivity contribution is 5.33. The first-order valence-corrected chi connectivity index (χ1v) is 7.77. The standard InChI is InChI=1S/C17H19F3N2O2/c1-10-11(2)24-16(21-10)9-22-8-12(23)7-15(22)13-5-3-4-6-14(13)17(18,19)20/h3-6,12,15,23H,7-9H2,1-2H3/t12-,15-/m1/s1. The molecule has 0 aliphatic carbocycles. The van der Waals surface area contributed by atoms with Gasteiger partial charge in [-0.1, -0.05) is 18.2 Å². The summed E-state index contributed by atoms with van der Waals surface area (Å²) < 4.78 is 45.4. The predicted octanol–water partition coefficient (Wildman–Crippen LogP) is 3.62. The van der Waals surface area contributed by atoms with Crippen LogP contribution in [-0.4, -0.2) is 27.6 Å². The SMILES string of the molecule is Cc1nc(CN2C[C@H](O)C[C@@H]2c2ccccc2C(F)(F)F)oc1C. The van der Waals surface area contributed by atoms with Crippen molar-refractivity contribution in [3.63, 3.8) is 0 Å². The summed E-state index contributed by atoms with van der Waals surface area (Å²) in [4.78, 5) is 6.08. The van der Waals surface area contributed by atoms with E-state index in [9.17, 15) is 18.3 Å². The van der Waals surface area contributed by atoms with Crippen LogP contribution in [0.25, 0.3) is 0 Å². The Balaban J connectivity index is 1.91. The van der Waals surface area contributed by atoms with E-state index < -0.39 is 23.9 Å². The number of aromatic nitrogens is 1. The minimum absolute atomic E-state index is 0.182. The van der Waals surface area contributed by atoms with E-state index in [1.54, 1.807) is 17.9 Å². The van der Waals surface area contributed by atoms with Gasteiger partial charge in [0.15, 0.2) is 0 Å². The van der Waals surface area contributed by atoms with E-state index in [4.69, 9.17) is 4.42 Å². The zero-order valence-corrected chi connectivity index (χ0v) is 13.5. The first-order valence-electron chi connectivity index (χ1n) is 7.77. The number of alkyl halides is 3. The lowest BCUT2D eigenvalue weighted by Gasteiger charge is -2.25. The molecule has 0 amide bonds. The number of aryl methyl sites for hydroxylation is 2. The number of aliphatic hydroxyl groups is 1. The molecule has 0 spiro atoms.